The molecule has 0 aliphatic heterocycles. The topological polar surface area (TPSA) is 9.23 Å². The molecule has 2 aromatic carbocycles. The van der Waals surface area contributed by atoms with Gasteiger partial charge in [-0.05, 0) is 28.6 Å². The van der Waals surface area contributed by atoms with Crippen molar-refractivity contribution in [3.8, 4) is 16.9 Å². The van der Waals surface area contributed by atoms with Gasteiger partial charge in [0.2, 0.25) is 0 Å². The summed E-state index contributed by atoms with van der Waals surface area (Å²) in [7, 11) is 4.44. The van der Waals surface area contributed by atoms with Crippen molar-refractivity contribution in [2.75, 3.05) is 7.11 Å². The Morgan fingerprint density at radius 3 is 2.53 bits per heavy atom. The second-order valence-electron chi connectivity index (χ2n) is 3.32. The number of ether oxygens (including phenoxy) is 1. The number of hydrogen-bond donors (Lipinski definition) is 0. The lowest BCUT2D eigenvalue weighted by Crippen LogP contribution is -1.95. The van der Waals surface area contributed by atoms with E-state index in [1.54, 1.807) is 7.11 Å². The van der Waals surface area contributed by atoms with E-state index >= 15 is 0 Å². The molecule has 76 valence electrons. The van der Waals surface area contributed by atoms with E-state index < -0.39 is 0 Å². The molecule has 0 spiro atoms. The first-order valence-electron chi connectivity index (χ1n) is 4.80. The Morgan fingerprint density at radius 2 is 1.80 bits per heavy atom. The molecule has 1 unspecified atom stereocenters. The van der Waals surface area contributed by atoms with Crippen molar-refractivity contribution in [2.24, 2.45) is 0 Å². The first-order chi connectivity index (χ1) is 7.31. The van der Waals surface area contributed by atoms with Crippen LogP contribution in [0.4, 0.5) is 0 Å². The summed E-state index contributed by atoms with van der Waals surface area (Å²) in [5.41, 5.74) is 2.40. The third-order valence-electron chi connectivity index (χ3n) is 2.34. The number of benzene rings is 2. The first-order valence-corrected chi connectivity index (χ1v) is 5.38. The lowest BCUT2D eigenvalue weighted by Gasteiger charge is -2.07. The second-order valence-corrected chi connectivity index (χ2v) is 3.94. The highest BCUT2D eigenvalue weighted by Gasteiger charge is 2.01. The molecule has 0 aliphatic rings. The van der Waals surface area contributed by atoms with E-state index in [9.17, 15) is 0 Å². The van der Waals surface area contributed by atoms with Crippen molar-refractivity contribution < 1.29 is 4.74 Å². The van der Waals surface area contributed by atoms with Crippen LogP contribution >= 0.6 is 9.24 Å². The highest BCUT2D eigenvalue weighted by molar-refractivity contribution is 7.28. The minimum Gasteiger partial charge on any atom is -0.497 e. The Labute approximate surface area is 92.3 Å². The number of hydrogen-bond acceptors (Lipinski definition) is 1. The van der Waals surface area contributed by atoms with Crippen molar-refractivity contribution in [2.45, 2.75) is 0 Å². The summed E-state index contributed by atoms with van der Waals surface area (Å²) in [6.45, 7) is 0. The molecule has 2 heteroatoms. The monoisotopic (exact) mass is 216 g/mol. The predicted octanol–water partition coefficient (Wildman–Crippen LogP) is 2.86. The molecule has 0 fully saturated rings. The summed E-state index contributed by atoms with van der Waals surface area (Å²) in [6.07, 6.45) is 0. The molecule has 0 saturated carbocycles. The molecule has 0 saturated heterocycles. The molecule has 0 N–H and O–H groups in total. The summed E-state index contributed by atoms with van der Waals surface area (Å²) in [5.74, 6) is 0.890. The quantitative estimate of drug-likeness (QED) is 0.701. The van der Waals surface area contributed by atoms with Gasteiger partial charge < -0.3 is 4.74 Å². The molecular weight excluding hydrogens is 203 g/mol. The van der Waals surface area contributed by atoms with Crippen LogP contribution in [-0.2, 0) is 0 Å². The maximum Gasteiger partial charge on any atom is 0.119 e. The SMILES string of the molecule is COc1cccc(-c2ccccc2P)c1. The van der Waals surface area contributed by atoms with Gasteiger partial charge in [-0.1, -0.05) is 36.4 Å². The molecule has 0 aromatic heterocycles. The van der Waals surface area contributed by atoms with Gasteiger partial charge >= 0.3 is 0 Å². The number of rotatable bonds is 2. The molecule has 0 heterocycles. The summed E-state index contributed by atoms with van der Waals surface area (Å²) in [4.78, 5) is 0. The van der Waals surface area contributed by atoms with Gasteiger partial charge in [0.1, 0.15) is 5.75 Å². The second kappa shape index (κ2) is 4.46. The van der Waals surface area contributed by atoms with E-state index in [2.05, 4.69) is 27.4 Å². The van der Waals surface area contributed by atoms with Gasteiger partial charge in [-0.3, -0.25) is 0 Å². The minimum atomic E-state index is 0.890. The normalized spacial score (nSPS) is 10.0. The fourth-order valence-corrected chi connectivity index (χ4v) is 1.92. The Balaban J connectivity index is 2.49. The zero-order valence-corrected chi connectivity index (χ0v) is 9.76. The van der Waals surface area contributed by atoms with Gasteiger partial charge in [-0.25, -0.2) is 0 Å². The van der Waals surface area contributed by atoms with Gasteiger partial charge in [0.05, 0.1) is 7.11 Å². The van der Waals surface area contributed by atoms with Gasteiger partial charge in [0, 0.05) is 0 Å². The van der Waals surface area contributed by atoms with Crippen molar-refractivity contribution >= 4 is 14.5 Å². The Hall–Kier alpha value is -1.33. The van der Waals surface area contributed by atoms with E-state index in [0.717, 1.165) is 5.75 Å². The van der Waals surface area contributed by atoms with E-state index in [1.165, 1.54) is 16.4 Å². The maximum absolute atomic E-state index is 5.21. The molecule has 2 rings (SSSR count). The smallest absolute Gasteiger partial charge is 0.119 e. The summed E-state index contributed by atoms with van der Waals surface area (Å²) >= 11 is 0. The van der Waals surface area contributed by atoms with Crippen LogP contribution in [0.5, 0.6) is 5.75 Å². The summed E-state index contributed by atoms with van der Waals surface area (Å²) < 4.78 is 5.21. The van der Waals surface area contributed by atoms with Crippen LogP contribution in [-0.4, -0.2) is 7.11 Å². The van der Waals surface area contributed by atoms with Crippen molar-refractivity contribution in [1.82, 2.24) is 0 Å². The van der Waals surface area contributed by atoms with Gasteiger partial charge in [0.15, 0.2) is 0 Å². The highest BCUT2D eigenvalue weighted by Crippen LogP contribution is 2.23. The summed E-state index contributed by atoms with van der Waals surface area (Å²) in [5, 5.41) is 1.20. The van der Waals surface area contributed by atoms with Crippen LogP contribution in [0.15, 0.2) is 48.5 Å². The van der Waals surface area contributed by atoms with Crippen LogP contribution < -0.4 is 10.0 Å². The standard InChI is InChI=1S/C13H13OP/c1-14-11-6-4-5-10(9-11)12-7-2-3-8-13(12)15/h2-9H,15H2,1H3. The molecule has 15 heavy (non-hydrogen) atoms. The maximum atomic E-state index is 5.21. The average molecular weight is 216 g/mol. The van der Waals surface area contributed by atoms with Crippen LogP contribution in [0.1, 0.15) is 0 Å². The zero-order chi connectivity index (χ0) is 10.7. The van der Waals surface area contributed by atoms with Crippen molar-refractivity contribution in [3.05, 3.63) is 48.5 Å². The van der Waals surface area contributed by atoms with E-state index in [-0.39, 0.29) is 0 Å². The molecule has 1 nitrogen and oxygen atoms in total. The molecule has 2 aromatic rings. The summed E-state index contributed by atoms with van der Waals surface area (Å²) in [6, 6.07) is 16.4. The van der Waals surface area contributed by atoms with Crippen molar-refractivity contribution in [1.29, 1.82) is 0 Å². The molecule has 0 amide bonds. The molecule has 0 radical (unpaired) electrons. The largest absolute Gasteiger partial charge is 0.497 e. The first kappa shape index (κ1) is 10.2. The zero-order valence-electron chi connectivity index (χ0n) is 8.60. The van der Waals surface area contributed by atoms with E-state index in [4.69, 9.17) is 4.74 Å². The van der Waals surface area contributed by atoms with Crippen LogP contribution in [0.25, 0.3) is 11.1 Å². The van der Waals surface area contributed by atoms with E-state index in [0.29, 0.717) is 0 Å². The Bertz CT molecular complexity index is 466. The van der Waals surface area contributed by atoms with E-state index in [1.807, 2.05) is 30.3 Å². The third-order valence-corrected chi connectivity index (χ3v) is 2.84. The molecule has 0 aliphatic carbocycles. The predicted molar refractivity (Wildman–Crippen MR) is 67.8 cm³/mol. The Kier molecular flexibility index (Phi) is 3.03. The van der Waals surface area contributed by atoms with Crippen LogP contribution in [0, 0.1) is 0 Å². The van der Waals surface area contributed by atoms with Crippen LogP contribution in [0.3, 0.4) is 0 Å². The molecule has 0 bridgehead atoms. The third kappa shape index (κ3) is 2.19. The lowest BCUT2D eigenvalue weighted by atomic mass is 10.1. The molecule has 1 atom stereocenters. The van der Waals surface area contributed by atoms with Gasteiger partial charge in [-0.15, -0.1) is 9.24 Å². The minimum absolute atomic E-state index is 0.890. The highest BCUT2D eigenvalue weighted by atomic mass is 31.0. The fraction of sp³-hybridized carbons (Fsp3) is 0.0769. The lowest BCUT2D eigenvalue weighted by molar-refractivity contribution is 0.415. The van der Waals surface area contributed by atoms with Crippen molar-refractivity contribution in [3.63, 3.8) is 0 Å². The van der Waals surface area contributed by atoms with Gasteiger partial charge in [-0.2, -0.15) is 0 Å². The molecular formula is C13H13OP. The Morgan fingerprint density at radius 1 is 1.00 bits per heavy atom. The fourth-order valence-electron chi connectivity index (χ4n) is 1.55. The average Bonchev–Trinajstić information content (AvgIpc) is 2.30. The van der Waals surface area contributed by atoms with Gasteiger partial charge in [0.25, 0.3) is 0 Å². The van der Waals surface area contributed by atoms with Crippen LogP contribution in [0.2, 0.25) is 0 Å². The number of methoxy groups -OCH3 is 1.